The SMILES string of the molecule is CC1(C)COC(CCc2ccccc2)CN1C(=O)c1cccnc1. The molecular weight excluding hydrogens is 300 g/mol. The molecule has 24 heavy (non-hydrogen) atoms. The Morgan fingerprint density at radius 3 is 2.75 bits per heavy atom. The number of carbonyl (C=O) groups is 1. The van der Waals surface area contributed by atoms with Crippen molar-refractivity contribution >= 4 is 5.91 Å². The number of hydrogen-bond donors (Lipinski definition) is 0. The summed E-state index contributed by atoms with van der Waals surface area (Å²) in [6, 6.07) is 14.0. The van der Waals surface area contributed by atoms with Gasteiger partial charge >= 0.3 is 0 Å². The summed E-state index contributed by atoms with van der Waals surface area (Å²) in [6.07, 6.45) is 5.26. The van der Waals surface area contributed by atoms with Crippen LogP contribution in [-0.4, -0.2) is 40.6 Å². The van der Waals surface area contributed by atoms with Gasteiger partial charge in [0.25, 0.3) is 5.91 Å². The highest BCUT2D eigenvalue weighted by Crippen LogP contribution is 2.26. The molecule has 0 spiro atoms. The Bertz CT molecular complexity index is 671. The fourth-order valence-corrected chi connectivity index (χ4v) is 3.05. The molecule has 0 saturated carbocycles. The van der Waals surface area contributed by atoms with Crippen LogP contribution < -0.4 is 0 Å². The lowest BCUT2D eigenvalue weighted by Gasteiger charge is -2.45. The second-order valence-corrected chi connectivity index (χ2v) is 6.93. The molecule has 3 rings (SSSR count). The summed E-state index contributed by atoms with van der Waals surface area (Å²) in [5, 5.41) is 0. The third-order valence-corrected chi connectivity index (χ3v) is 4.54. The first-order valence-electron chi connectivity index (χ1n) is 8.44. The molecule has 1 aromatic carbocycles. The number of ether oxygens (including phenoxy) is 1. The molecule has 0 radical (unpaired) electrons. The molecule has 1 saturated heterocycles. The number of carbonyl (C=O) groups excluding carboxylic acids is 1. The van der Waals surface area contributed by atoms with Gasteiger partial charge in [0.2, 0.25) is 0 Å². The van der Waals surface area contributed by atoms with Crippen LogP contribution in [-0.2, 0) is 11.2 Å². The maximum absolute atomic E-state index is 12.9. The Balaban J connectivity index is 1.67. The quantitative estimate of drug-likeness (QED) is 0.866. The Hall–Kier alpha value is -2.20. The molecule has 4 heteroatoms. The van der Waals surface area contributed by atoms with E-state index in [-0.39, 0.29) is 17.6 Å². The fraction of sp³-hybridized carbons (Fsp3) is 0.400. The van der Waals surface area contributed by atoms with Gasteiger partial charge in [0.15, 0.2) is 0 Å². The molecule has 1 aliphatic rings. The van der Waals surface area contributed by atoms with Crippen LogP contribution in [0.3, 0.4) is 0 Å². The van der Waals surface area contributed by atoms with E-state index in [4.69, 9.17) is 4.74 Å². The van der Waals surface area contributed by atoms with Gasteiger partial charge in [-0.25, -0.2) is 0 Å². The van der Waals surface area contributed by atoms with Crippen molar-refractivity contribution in [3.05, 3.63) is 66.0 Å². The summed E-state index contributed by atoms with van der Waals surface area (Å²) in [7, 11) is 0. The summed E-state index contributed by atoms with van der Waals surface area (Å²) in [5.74, 6) is 0.0288. The monoisotopic (exact) mass is 324 g/mol. The van der Waals surface area contributed by atoms with E-state index in [0.717, 1.165) is 12.8 Å². The van der Waals surface area contributed by atoms with Crippen molar-refractivity contribution in [2.75, 3.05) is 13.2 Å². The second kappa shape index (κ2) is 7.14. The van der Waals surface area contributed by atoms with Crippen molar-refractivity contribution < 1.29 is 9.53 Å². The highest BCUT2D eigenvalue weighted by Gasteiger charge is 2.38. The third-order valence-electron chi connectivity index (χ3n) is 4.54. The van der Waals surface area contributed by atoms with E-state index in [9.17, 15) is 4.79 Å². The van der Waals surface area contributed by atoms with Gasteiger partial charge in [0, 0.05) is 18.9 Å². The minimum Gasteiger partial charge on any atom is -0.374 e. The zero-order valence-corrected chi connectivity index (χ0v) is 14.3. The smallest absolute Gasteiger partial charge is 0.256 e. The van der Waals surface area contributed by atoms with Gasteiger partial charge in [-0.05, 0) is 44.4 Å². The van der Waals surface area contributed by atoms with Gasteiger partial charge in [-0.2, -0.15) is 0 Å². The van der Waals surface area contributed by atoms with E-state index in [2.05, 4.69) is 43.1 Å². The average molecular weight is 324 g/mol. The number of aromatic nitrogens is 1. The topological polar surface area (TPSA) is 42.4 Å². The Labute approximate surface area is 143 Å². The number of amides is 1. The first-order chi connectivity index (χ1) is 11.6. The maximum atomic E-state index is 12.9. The van der Waals surface area contributed by atoms with Gasteiger partial charge in [0.1, 0.15) is 0 Å². The summed E-state index contributed by atoms with van der Waals surface area (Å²) in [4.78, 5) is 18.9. The molecular formula is C20H24N2O2. The van der Waals surface area contributed by atoms with Gasteiger partial charge in [-0.3, -0.25) is 9.78 Å². The molecule has 1 aromatic heterocycles. The van der Waals surface area contributed by atoms with Crippen molar-refractivity contribution in [3.8, 4) is 0 Å². The lowest BCUT2D eigenvalue weighted by atomic mass is 9.97. The van der Waals surface area contributed by atoms with E-state index in [1.165, 1.54) is 5.56 Å². The van der Waals surface area contributed by atoms with Crippen LogP contribution in [0.5, 0.6) is 0 Å². The van der Waals surface area contributed by atoms with Gasteiger partial charge in [0.05, 0.1) is 23.8 Å². The van der Waals surface area contributed by atoms with Crippen molar-refractivity contribution in [1.29, 1.82) is 0 Å². The van der Waals surface area contributed by atoms with Gasteiger partial charge < -0.3 is 9.64 Å². The number of pyridine rings is 1. The molecule has 0 N–H and O–H groups in total. The second-order valence-electron chi connectivity index (χ2n) is 6.93. The van der Waals surface area contributed by atoms with Crippen LogP contribution in [0.25, 0.3) is 0 Å². The number of aryl methyl sites for hydroxylation is 1. The normalized spacial score (nSPS) is 19.9. The molecule has 1 atom stereocenters. The largest absolute Gasteiger partial charge is 0.374 e. The third kappa shape index (κ3) is 3.82. The minimum atomic E-state index is -0.309. The minimum absolute atomic E-state index is 0.0288. The van der Waals surface area contributed by atoms with Crippen LogP contribution in [0, 0.1) is 0 Å². The van der Waals surface area contributed by atoms with Crippen LogP contribution >= 0.6 is 0 Å². The van der Waals surface area contributed by atoms with Crippen LogP contribution in [0.2, 0.25) is 0 Å². The number of nitrogens with zero attached hydrogens (tertiary/aromatic N) is 2. The zero-order valence-electron chi connectivity index (χ0n) is 14.3. The summed E-state index contributed by atoms with van der Waals surface area (Å²) in [5.41, 5.74) is 1.63. The van der Waals surface area contributed by atoms with Crippen molar-refractivity contribution in [3.63, 3.8) is 0 Å². The fourth-order valence-electron chi connectivity index (χ4n) is 3.05. The molecule has 1 aliphatic heterocycles. The highest BCUT2D eigenvalue weighted by molar-refractivity contribution is 5.94. The zero-order chi connectivity index (χ0) is 17.0. The molecule has 1 amide bonds. The van der Waals surface area contributed by atoms with Crippen LogP contribution in [0.15, 0.2) is 54.9 Å². The van der Waals surface area contributed by atoms with E-state index in [0.29, 0.717) is 18.7 Å². The summed E-state index contributed by atoms with van der Waals surface area (Å²) < 4.78 is 6.02. The van der Waals surface area contributed by atoms with Crippen LogP contribution in [0.1, 0.15) is 36.2 Å². The lowest BCUT2D eigenvalue weighted by molar-refractivity contribution is -0.0849. The molecule has 1 unspecified atom stereocenters. The Morgan fingerprint density at radius 1 is 1.25 bits per heavy atom. The number of hydrogen-bond acceptors (Lipinski definition) is 3. The molecule has 2 heterocycles. The maximum Gasteiger partial charge on any atom is 0.256 e. The van der Waals surface area contributed by atoms with E-state index < -0.39 is 0 Å². The number of benzene rings is 1. The standard InChI is InChI=1S/C20H24N2O2/c1-20(2)15-24-18(11-10-16-7-4-3-5-8-16)14-22(20)19(23)17-9-6-12-21-13-17/h3-9,12-13,18H,10-11,14-15H2,1-2H3. The molecule has 0 aliphatic carbocycles. The van der Waals surface area contributed by atoms with E-state index in [1.807, 2.05) is 17.0 Å². The number of morpholine rings is 1. The Morgan fingerprint density at radius 2 is 2.04 bits per heavy atom. The summed E-state index contributed by atoms with van der Waals surface area (Å²) in [6.45, 7) is 5.27. The molecule has 0 bridgehead atoms. The van der Waals surface area contributed by atoms with Crippen molar-refractivity contribution in [2.45, 2.75) is 38.3 Å². The van der Waals surface area contributed by atoms with E-state index >= 15 is 0 Å². The first kappa shape index (κ1) is 16.7. The highest BCUT2D eigenvalue weighted by atomic mass is 16.5. The van der Waals surface area contributed by atoms with Crippen LogP contribution in [0.4, 0.5) is 0 Å². The Kier molecular flexibility index (Phi) is 4.95. The number of rotatable bonds is 4. The average Bonchev–Trinajstić information content (AvgIpc) is 2.61. The molecule has 2 aromatic rings. The van der Waals surface area contributed by atoms with Gasteiger partial charge in [-0.1, -0.05) is 30.3 Å². The molecule has 126 valence electrons. The van der Waals surface area contributed by atoms with Crippen molar-refractivity contribution in [1.82, 2.24) is 9.88 Å². The molecule has 1 fully saturated rings. The lowest BCUT2D eigenvalue weighted by Crippen LogP contribution is -2.58. The predicted molar refractivity (Wildman–Crippen MR) is 93.9 cm³/mol. The molecule has 4 nitrogen and oxygen atoms in total. The predicted octanol–water partition coefficient (Wildman–Crippen LogP) is 3.33. The van der Waals surface area contributed by atoms with Crippen molar-refractivity contribution in [2.24, 2.45) is 0 Å². The van der Waals surface area contributed by atoms with Gasteiger partial charge in [-0.15, -0.1) is 0 Å². The first-order valence-corrected chi connectivity index (χ1v) is 8.44. The summed E-state index contributed by atoms with van der Waals surface area (Å²) >= 11 is 0. The van der Waals surface area contributed by atoms with E-state index in [1.54, 1.807) is 18.5 Å².